The number of likely N-dealkylation sites (tertiary alicyclic amines) is 1. The molecule has 2 aromatic carbocycles. The largest absolute Gasteiger partial charge is 0.508 e. The Kier molecular flexibility index (Phi) is 5.03. The number of H-pyrrole nitrogens is 1. The number of phenols is 1. The van der Waals surface area contributed by atoms with Crippen molar-refractivity contribution in [2.24, 2.45) is 5.92 Å². The molecule has 1 spiro atoms. The Labute approximate surface area is 213 Å². The summed E-state index contributed by atoms with van der Waals surface area (Å²) in [4.78, 5) is 15.8. The van der Waals surface area contributed by atoms with Crippen LogP contribution in [-0.2, 0) is 16.6 Å². The summed E-state index contributed by atoms with van der Waals surface area (Å²) < 4.78 is 6.28. The summed E-state index contributed by atoms with van der Waals surface area (Å²) in [6, 6.07) is 9.24. The lowest BCUT2D eigenvalue weighted by Gasteiger charge is -2.50. The van der Waals surface area contributed by atoms with Crippen LogP contribution >= 0.6 is 0 Å². The average molecular weight is 503 g/mol. The second-order valence-corrected chi connectivity index (χ2v) is 11.0. The van der Waals surface area contributed by atoms with E-state index in [9.17, 15) is 20.1 Å². The van der Waals surface area contributed by atoms with Crippen molar-refractivity contribution in [2.45, 2.75) is 49.7 Å². The molecule has 1 saturated heterocycles. The quantitative estimate of drug-likeness (QED) is 0.259. The number of aliphatic hydroxyl groups is 2. The number of nitrogens with zero attached hydrogens (tertiary/aromatic N) is 2. The van der Waals surface area contributed by atoms with Crippen LogP contribution in [0.15, 0.2) is 47.9 Å². The maximum atomic E-state index is 13.3. The smallest absolute Gasteiger partial charge is 0.257 e. The minimum absolute atomic E-state index is 0.0377. The lowest BCUT2D eigenvalue weighted by molar-refractivity contribution is -0.113. The number of benzene rings is 2. The molecule has 4 aliphatic rings. The summed E-state index contributed by atoms with van der Waals surface area (Å²) in [5.74, 6) is 0.340. The number of aromatic hydroxyl groups is 1. The van der Waals surface area contributed by atoms with Crippen LogP contribution in [0, 0.1) is 5.92 Å². The Hall–Kier alpha value is -3.56. The third-order valence-electron chi connectivity index (χ3n) is 8.75. The van der Waals surface area contributed by atoms with E-state index >= 15 is 0 Å². The van der Waals surface area contributed by atoms with Crippen LogP contribution in [0.4, 0.5) is 5.69 Å². The summed E-state index contributed by atoms with van der Waals surface area (Å²) in [5, 5.41) is 42.9. The van der Waals surface area contributed by atoms with Crippen LogP contribution in [0.5, 0.6) is 11.5 Å². The molecule has 0 unspecified atom stereocenters. The number of phenolic OH excluding ortho intramolecular Hbond substituents is 1. The highest BCUT2D eigenvalue weighted by atomic mass is 16.5. The standard InChI is InChI=1S/C28H30N4O5/c33-14-20(27(36)30-18-4-5-21-17(9-18)12-29-31-21)24(35)26-28-7-8-32(13-15-1-2-15)19(11-28)10-16-3-6-22(34)25(37-26)23(16)28/h3-6,9,12,15,19,26,33-35H,1-2,7-8,10-11,13-14H2,(H,29,31)(H,30,36)/b24-20-/t19-,26+,28+/m1/s1. The van der Waals surface area contributed by atoms with Crippen LogP contribution in [0.25, 0.3) is 10.9 Å². The second kappa shape index (κ2) is 8.22. The number of hydrogen-bond acceptors (Lipinski definition) is 7. The molecule has 3 atom stereocenters. The Morgan fingerprint density at radius 1 is 1.27 bits per heavy atom. The Morgan fingerprint density at radius 3 is 2.95 bits per heavy atom. The number of rotatable bonds is 6. The fourth-order valence-corrected chi connectivity index (χ4v) is 6.75. The lowest BCUT2D eigenvalue weighted by atomic mass is 9.61. The first-order valence-corrected chi connectivity index (χ1v) is 13.0. The number of carbonyl (C=O) groups is 1. The fourth-order valence-electron chi connectivity index (χ4n) is 6.75. The molecule has 0 radical (unpaired) electrons. The van der Waals surface area contributed by atoms with E-state index in [0.717, 1.165) is 60.3 Å². The molecular formula is C28H30N4O5. The molecule has 2 aliphatic heterocycles. The maximum Gasteiger partial charge on any atom is 0.257 e. The van der Waals surface area contributed by atoms with Crippen molar-refractivity contribution in [1.29, 1.82) is 0 Å². The highest BCUT2D eigenvalue weighted by molar-refractivity contribution is 6.05. The predicted octanol–water partition coefficient (Wildman–Crippen LogP) is 3.14. The van der Waals surface area contributed by atoms with E-state index in [1.54, 1.807) is 30.5 Å². The van der Waals surface area contributed by atoms with Crippen LogP contribution in [0.1, 0.15) is 36.8 Å². The van der Waals surface area contributed by atoms with Gasteiger partial charge >= 0.3 is 0 Å². The zero-order valence-electron chi connectivity index (χ0n) is 20.4. The summed E-state index contributed by atoms with van der Waals surface area (Å²) in [7, 11) is 0. The van der Waals surface area contributed by atoms with E-state index in [2.05, 4.69) is 20.4 Å². The number of fused-ring (bicyclic) bond motifs is 2. The number of aromatic nitrogens is 2. The van der Waals surface area contributed by atoms with Crippen molar-refractivity contribution < 1.29 is 24.9 Å². The number of carbonyl (C=O) groups excluding carboxylic acids is 1. The number of amides is 1. The van der Waals surface area contributed by atoms with Gasteiger partial charge in [0.25, 0.3) is 5.91 Å². The van der Waals surface area contributed by atoms with Crippen molar-refractivity contribution in [3.8, 4) is 11.5 Å². The van der Waals surface area contributed by atoms with Gasteiger partial charge in [-0.25, -0.2) is 0 Å². The molecule has 37 heavy (non-hydrogen) atoms. The normalized spacial score (nSPS) is 26.9. The van der Waals surface area contributed by atoms with Crippen molar-refractivity contribution in [3.63, 3.8) is 0 Å². The van der Waals surface area contributed by atoms with Crippen molar-refractivity contribution >= 4 is 22.5 Å². The highest BCUT2D eigenvalue weighted by Crippen LogP contribution is 2.59. The topological polar surface area (TPSA) is 131 Å². The van der Waals surface area contributed by atoms with Gasteiger partial charge in [0.15, 0.2) is 17.6 Å². The van der Waals surface area contributed by atoms with Gasteiger partial charge in [0.1, 0.15) is 5.76 Å². The monoisotopic (exact) mass is 502 g/mol. The van der Waals surface area contributed by atoms with E-state index in [1.165, 1.54) is 12.8 Å². The highest BCUT2D eigenvalue weighted by Gasteiger charge is 2.59. The molecule has 5 N–H and O–H groups in total. The third-order valence-corrected chi connectivity index (χ3v) is 8.75. The zero-order valence-corrected chi connectivity index (χ0v) is 20.4. The Bertz CT molecular complexity index is 1440. The molecule has 9 nitrogen and oxygen atoms in total. The predicted molar refractivity (Wildman–Crippen MR) is 137 cm³/mol. The first kappa shape index (κ1) is 22.6. The number of ether oxygens (including phenoxy) is 1. The van der Waals surface area contributed by atoms with Crippen molar-refractivity contribution in [1.82, 2.24) is 15.1 Å². The van der Waals surface area contributed by atoms with E-state index < -0.39 is 24.0 Å². The minimum Gasteiger partial charge on any atom is -0.508 e. The zero-order chi connectivity index (χ0) is 25.3. The van der Waals surface area contributed by atoms with Crippen molar-refractivity contribution in [3.05, 3.63) is 59.0 Å². The first-order valence-electron chi connectivity index (χ1n) is 13.0. The average Bonchev–Trinajstić information content (AvgIpc) is 3.47. The molecule has 2 aliphatic carbocycles. The number of piperidine rings is 1. The molecule has 1 aromatic heterocycles. The molecule has 3 heterocycles. The fraction of sp³-hybridized carbons (Fsp3) is 0.429. The van der Waals surface area contributed by atoms with Gasteiger partial charge in [-0.3, -0.25) is 14.8 Å². The lowest BCUT2D eigenvalue weighted by Crippen LogP contribution is -2.57. The van der Waals surface area contributed by atoms with Gasteiger partial charge in [0.05, 0.1) is 23.9 Å². The third kappa shape index (κ3) is 3.52. The number of aromatic amines is 1. The summed E-state index contributed by atoms with van der Waals surface area (Å²) in [5.41, 5.74) is 2.75. The van der Waals surface area contributed by atoms with Gasteiger partial charge in [0, 0.05) is 34.6 Å². The van der Waals surface area contributed by atoms with Crippen LogP contribution in [0.2, 0.25) is 0 Å². The molecular weight excluding hydrogens is 472 g/mol. The summed E-state index contributed by atoms with van der Waals surface area (Å²) >= 11 is 0. The van der Waals surface area contributed by atoms with Crippen LogP contribution in [-0.4, -0.2) is 68.2 Å². The van der Waals surface area contributed by atoms with E-state index in [-0.39, 0.29) is 17.1 Å². The molecule has 1 saturated carbocycles. The number of aliphatic hydroxyl groups excluding tert-OH is 2. The second-order valence-electron chi connectivity index (χ2n) is 11.0. The summed E-state index contributed by atoms with van der Waals surface area (Å²) in [6.45, 7) is 1.32. The number of nitrogens with one attached hydrogen (secondary N) is 2. The Morgan fingerprint density at radius 2 is 2.14 bits per heavy atom. The van der Waals surface area contributed by atoms with Gasteiger partial charge in [-0.15, -0.1) is 0 Å². The summed E-state index contributed by atoms with van der Waals surface area (Å²) in [6.07, 6.45) is 5.78. The van der Waals surface area contributed by atoms with Gasteiger partial charge in [-0.2, -0.15) is 5.10 Å². The molecule has 3 aromatic rings. The molecule has 192 valence electrons. The molecule has 2 fully saturated rings. The van der Waals surface area contributed by atoms with Crippen LogP contribution < -0.4 is 10.1 Å². The molecule has 2 bridgehead atoms. The van der Waals surface area contributed by atoms with Crippen molar-refractivity contribution in [2.75, 3.05) is 25.0 Å². The maximum absolute atomic E-state index is 13.3. The number of anilines is 1. The molecule has 1 amide bonds. The van der Waals surface area contributed by atoms with Gasteiger partial charge in [-0.05, 0) is 74.4 Å². The number of hydrogen-bond donors (Lipinski definition) is 5. The van der Waals surface area contributed by atoms with Crippen LogP contribution in [0.3, 0.4) is 0 Å². The molecule has 7 rings (SSSR count). The van der Waals surface area contributed by atoms with E-state index in [0.29, 0.717) is 17.5 Å². The van der Waals surface area contributed by atoms with Gasteiger partial charge < -0.3 is 25.4 Å². The van der Waals surface area contributed by atoms with Gasteiger partial charge in [0.2, 0.25) is 0 Å². The molecule has 9 heteroatoms. The van der Waals surface area contributed by atoms with Gasteiger partial charge in [-0.1, -0.05) is 6.07 Å². The Balaban J connectivity index is 1.24. The van der Waals surface area contributed by atoms with E-state index in [1.807, 2.05) is 6.07 Å². The SMILES string of the molecule is O=C(Nc1ccc2[nH]ncc2c1)/C(CO)=C(\O)[C@@H]1Oc2c(O)ccc3c2[C@@]12CCN(CC1CC1)[C@H](C3)C2. The minimum atomic E-state index is -0.857. The van der Waals surface area contributed by atoms with E-state index in [4.69, 9.17) is 4.74 Å². The first-order chi connectivity index (χ1) is 18.0.